The number of fused-ring (bicyclic) bond motifs is 1. The number of carbonyl (C=O) groups is 1. The van der Waals surface area contributed by atoms with Crippen LogP contribution in [0.2, 0.25) is 0 Å². The van der Waals surface area contributed by atoms with Crippen LogP contribution >= 0.6 is 27.3 Å². The number of hydrogen-bond donors (Lipinski definition) is 1. The van der Waals surface area contributed by atoms with Crippen molar-refractivity contribution >= 4 is 44.9 Å². The number of aryl methyl sites for hydroxylation is 2. The Kier molecular flexibility index (Phi) is 7.19. The van der Waals surface area contributed by atoms with Crippen molar-refractivity contribution < 1.29 is 9.53 Å². The van der Waals surface area contributed by atoms with Gasteiger partial charge in [-0.15, -0.1) is 0 Å². The van der Waals surface area contributed by atoms with E-state index in [0.29, 0.717) is 26.4 Å². The van der Waals surface area contributed by atoms with Crippen LogP contribution in [0.1, 0.15) is 35.2 Å². The lowest BCUT2D eigenvalue weighted by Crippen LogP contribution is -2.40. The highest BCUT2D eigenvalue weighted by Gasteiger charge is 2.32. The van der Waals surface area contributed by atoms with Crippen molar-refractivity contribution in [1.29, 1.82) is 0 Å². The van der Waals surface area contributed by atoms with Gasteiger partial charge in [-0.05, 0) is 73.9 Å². The molecule has 1 N–H and O–H groups in total. The summed E-state index contributed by atoms with van der Waals surface area (Å²) in [5.74, 6) is 0.402. The van der Waals surface area contributed by atoms with E-state index in [1.807, 2.05) is 93.6 Å². The fourth-order valence-corrected chi connectivity index (χ4v) is 5.88. The molecule has 1 amide bonds. The van der Waals surface area contributed by atoms with Crippen molar-refractivity contribution in [3.05, 3.63) is 124 Å². The molecule has 1 aromatic heterocycles. The van der Waals surface area contributed by atoms with E-state index in [1.54, 1.807) is 11.7 Å². The van der Waals surface area contributed by atoms with Crippen LogP contribution in [0.3, 0.4) is 0 Å². The number of hydrogen-bond acceptors (Lipinski definition) is 5. The molecule has 38 heavy (non-hydrogen) atoms. The quantitative estimate of drug-likeness (QED) is 0.346. The number of thiazole rings is 1. The largest absolute Gasteiger partial charge is 0.497 e. The van der Waals surface area contributed by atoms with Gasteiger partial charge in [-0.25, -0.2) is 4.99 Å². The van der Waals surface area contributed by atoms with E-state index >= 15 is 0 Å². The van der Waals surface area contributed by atoms with Gasteiger partial charge in [0.2, 0.25) is 0 Å². The van der Waals surface area contributed by atoms with Gasteiger partial charge < -0.3 is 10.1 Å². The van der Waals surface area contributed by atoms with Crippen molar-refractivity contribution in [2.75, 3.05) is 12.4 Å². The second-order valence-electron chi connectivity index (χ2n) is 9.18. The minimum Gasteiger partial charge on any atom is -0.497 e. The summed E-state index contributed by atoms with van der Waals surface area (Å²) < 4.78 is 8.48. The summed E-state index contributed by atoms with van der Waals surface area (Å²) in [5, 5.41) is 3.06. The zero-order chi connectivity index (χ0) is 27.0. The number of carbonyl (C=O) groups excluding carboxylic acids is 1. The molecule has 0 unspecified atom stereocenters. The lowest BCUT2D eigenvalue weighted by atomic mass is 9.95. The summed E-state index contributed by atoms with van der Waals surface area (Å²) in [7, 11) is 1.60. The summed E-state index contributed by atoms with van der Waals surface area (Å²) in [4.78, 5) is 32.9. The van der Waals surface area contributed by atoms with Gasteiger partial charge in [-0.3, -0.25) is 14.2 Å². The monoisotopic (exact) mass is 587 g/mol. The molecule has 8 heteroatoms. The van der Waals surface area contributed by atoms with Crippen LogP contribution < -0.4 is 24.9 Å². The molecule has 3 aromatic carbocycles. The molecule has 0 radical (unpaired) electrons. The molecule has 0 fully saturated rings. The van der Waals surface area contributed by atoms with E-state index in [-0.39, 0.29) is 11.5 Å². The molecule has 1 aliphatic heterocycles. The summed E-state index contributed by atoms with van der Waals surface area (Å²) in [6.45, 7) is 5.79. The molecule has 0 saturated heterocycles. The number of methoxy groups -OCH3 is 1. The molecule has 6 nitrogen and oxygen atoms in total. The maximum Gasteiger partial charge on any atom is 0.271 e. The van der Waals surface area contributed by atoms with Crippen molar-refractivity contribution in [3.63, 3.8) is 0 Å². The Labute approximate surface area is 232 Å². The van der Waals surface area contributed by atoms with Crippen LogP contribution in [-0.2, 0) is 4.79 Å². The smallest absolute Gasteiger partial charge is 0.271 e. The lowest BCUT2D eigenvalue weighted by molar-refractivity contribution is -0.113. The third-order valence-corrected chi connectivity index (χ3v) is 8.01. The van der Waals surface area contributed by atoms with E-state index in [2.05, 4.69) is 21.2 Å². The number of allylic oxidation sites excluding steroid dienone is 1. The molecular formula is C30H26BrN3O3S. The average molecular weight is 589 g/mol. The maximum atomic E-state index is 13.8. The number of amides is 1. The summed E-state index contributed by atoms with van der Waals surface area (Å²) in [5.41, 5.74) is 5.31. The molecular weight excluding hydrogens is 562 g/mol. The second-order valence-corrected chi connectivity index (χ2v) is 11.1. The van der Waals surface area contributed by atoms with Gasteiger partial charge >= 0.3 is 0 Å². The van der Waals surface area contributed by atoms with Crippen LogP contribution in [-0.4, -0.2) is 17.6 Å². The lowest BCUT2D eigenvalue weighted by Gasteiger charge is -2.25. The highest BCUT2D eigenvalue weighted by molar-refractivity contribution is 9.10. The topological polar surface area (TPSA) is 72.7 Å². The van der Waals surface area contributed by atoms with Gasteiger partial charge in [0.1, 0.15) is 5.75 Å². The summed E-state index contributed by atoms with van der Waals surface area (Å²) in [6.07, 6.45) is 1.86. The predicted octanol–water partition coefficient (Wildman–Crippen LogP) is 5.26. The summed E-state index contributed by atoms with van der Waals surface area (Å²) in [6, 6.07) is 20.4. The minimum absolute atomic E-state index is 0.193. The van der Waals surface area contributed by atoms with E-state index in [4.69, 9.17) is 9.73 Å². The second kappa shape index (κ2) is 10.6. The van der Waals surface area contributed by atoms with Crippen LogP contribution in [0, 0.1) is 13.8 Å². The average Bonchev–Trinajstić information content (AvgIpc) is 3.20. The molecule has 0 aliphatic carbocycles. The number of anilines is 1. The van der Waals surface area contributed by atoms with Crippen molar-refractivity contribution in [1.82, 2.24) is 4.57 Å². The van der Waals surface area contributed by atoms with Crippen LogP contribution in [0.25, 0.3) is 6.08 Å². The molecule has 0 saturated carbocycles. The Morgan fingerprint density at radius 1 is 1.05 bits per heavy atom. The molecule has 5 rings (SSSR count). The zero-order valence-corrected chi connectivity index (χ0v) is 23.8. The molecule has 1 aliphatic rings. The molecule has 1 atom stereocenters. The first kappa shape index (κ1) is 25.9. The van der Waals surface area contributed by atoms with Gasteiger partial charge in [0, 0.05) is 10.2 Å². The number of nitrogens with one attached hydrogen (secondary N) is 1. The highest BCUT2D eigenvalue weighted by Crippen LogP contribution is 2.32. The third-order valence-electron chi connectivity index (χ3n) is 6.50. The molecule has 0 bridgehead atoms. The standard InChI is InChI=1S/C30H26BrN3O3S/c1-17-5-14-24(18(2)15-17)33-28(35)26-19(3)32-30-34(27(26)21-8-12-23(37-4)13-9-21)29(36)25(38-30)16-20-6-10-22(31)11-7-20/h5-16,27H,1-4H3,(H,33,35)/b25-16+/t27-/m0/s1. The first-order valence-corrected chi connectivity index (χ1v) is 13.7. The van der Waals surface area contributed by atoms with Crippen molar-refractivity contribution in [3.8, 4) is 5.75 Å². The van der Waals surface area contributed by atoms with Crippen LogP contribution in [0.15, 0.2) is 92.3 Å². The zero-order valence-electron chi connectivity index (χ0n) is 21.4. The Morgan fingerprint density at radius 3 is 2.42 bits per heavy atom. The maximum absolute atomic E-state index is 13.8. The fourth-order valence-electron chi connectivity index (χ4n) is 4.57. The van der Waals surface area contributed by atoms with Gasteiger partial charge in [0.15, 0.2) is 4.80 Å². The van der Waals surface area contributed by atoms with E-state index in [1.165, 1.54) is 11.3 Å². The van der Waals surface area contributed by atoms with Gasteiger partial charge in [-0.2, -0.15) is 0 Å². The predicted molar refractivity (Wildman–Crippen MR) is 155 cm³/mol. The Morgan fingerprint density at radius 2 is 1.76 bits per heavy atom. The van der Waals surface area contributed by atoms with E-state index in [0.717, 1.165) is 32.4 Å². The van der Waals surface area contributed by atoms with Crippen LogP contribution in [0.5, 0.6) is 5.75 Å². The first-order valence-electron chi connectivity index (χ1n) is 12.1. The van der Waals surface area contributed by atoms with Gasteiger partial charge in [0.25, 0.3) is 11.5 Å². The number of halogens is 1. The third kappa shape index (κ3) is 5.01. The normalized spacial score (nSPS) is 15.2. The van der Waals surface area contributed by atoms with Crippen LogP contribution in [0.4, 0.5) is 5.69 Å². The molecule has 0 spiro atoms. The summed E-state index contributed by atoms with van der Waals surface area (Å²) >= 11 is 4.77. The highest BCUT2D eigenvalue weighted by atomic mass is 79.9. The van der Waals surface area contributed by atoms with Crippen molar-refractivity contribution in [2.45, 2.75) is 26.8 Å². The number of rotatable bonds is 5. The number of ether oxygens (including phenoxy) is 1. The number of aromatic nitrogens is 1. The molecule has 4 aromatic rings. The number of benzene rings is 3. The SMILES string of the molecule is COc1ccc([C@H]2C(C(=O)Nc3ccc(C)cc3C)=C(C)N=c3s/c(=C/c4ccc(Br)cc4)c(=O)n32)cc1. The Balaban J connectivity index is 1.66. The van der Waals surface area contributed by atoms with Gasteiger partial charge in [0.05, 0.1) is 29.0 Å². The van der Waals surface area contributed by atoms with Gasteiger partial charge in [-0.1, -0.05) is 69.2 Å². The van der Waals surface area contributed by atoms with E-state index in [9.17, 15) is 9.59 Å². The fraction of sp³-hybridized carbons (Fsp3) is 0.167. The minimum atomic E-state index is -0.644. The number of nitrogens with zero attached hydrogens (tertiary/aromatic N) is 2. The molecule has 2 heterocycles. The Hall–Kier alpha value is -3.75. The Bertz CT molecular complexity index is 1750. The van der Waals surface area contributed by atoms with Crippen molar-refractivity contribution in [2.24, 2.45) is 4.99 Å². The first-order chi connectivity index (χ1) is 18.2. The van der Waals surface area contributed by atoms with E-state index < -0.39 is 6.04 Å². The molecule has 192 valence electrons.